The number of benzene rings is 1. The summed E-state index contributed by atoms with van der Waals surface area (Å²) in [5.41, 5.74) is 3.36. The molecule has 2 rings (SSSR count). The van der Waals surface area contributed by atoms with Crippen LogP contribution >= 0.6 is 27.3 Å². The summed E-state index contributed by atoms with van der Waals surface area (Å²) in [6, 6.07) is 6.50. The SMILES string of the molecule is CCNC(C)c1csc(Nc2ccc(Br)c(C)c2)n1. The predicted molar refractivity (Wildman–Crippen MR) is 86.4 cm³/mol. The number of aromatic nitrogens is 1. The normalized spacial score (nSPS) is 12.4. The van der Waals surface area contributed by atoms with Crippen LogP contribution in [0.2, 0.25) is 0 Å². The Morgan fingerprint density at radius 2 is 2.21 bits per heavy atom. The van der Waals surface area contributed by atoms with Gasteiger partial charge in [-0.05, 0) is 44.2 Å². The van der Waals surface area contributed by atoms with Crippen LogP contribution < -0.4 is 10.6 Å². The second-order valence-electron chi connectivity index (χ2n) is 4.45. The highest BCUT2D eigenvalue weighted by Crippen LogP contribution is 2.26. The molecule has 1 atom stereocenters. The van der Waals surface area contributed by atoms with Crippen molar-refractivity contribution >= 4 is 38.1 Å². The van der Waals surface area contributed by atoms with Crippen LogP contribution in [0.25, 0.3) is 0 Å². The van der Waals surface area contributed by atoms with Crippen LogP contribution in [0.4, 0.5) is 10.8 Å². The van der Waals surface area contributed by atoms with Gasteiger partial charge in [0, 0.05) is 21.6 Å². The molecule has 0 bridgehead atoms. The Labute approximate surface area is 126 Å². The molecule has 5 heteroatoms. The van der Waals surface area contributed by atoms with Crippen molar-refractivity contribution in [2.45, 2.75) is 26.8 Å². The summed E-state index contributed by atoms with van der Waals surface area (Å²) in [7, 11) is 0. The van der Waals surface area contributed by atoms with Crippen molar-refractivity contribution in [3.8, 4) is 0 Å². The van der Waals surface area contributed by atoms with Gasteiger partial charge in [0.15, 0.2) is 5.13 Å². The Morgan fingerprint density at radius 3 is 2.89 bits per heavy atom. The first kappa shape index (κ1) is 14.5. The van der Waals surface area contributed by atoms with E-state index in [-0.39, 0.29) is 0 Å². The van der Waals surface area contributed by atoms with Gasteiger partial charge in [-0.1, -0.05) is 22.9 Å². The number of anilines is 2. The van der Waals surface area contributed by atoms with E-state index in [1.165, 1.54) is 5.56 Å². The Kier molecular flexibility index (Phi) is 4.96. The molecule has 0 saturated heterocycles. The average Bonchev–Trinajstić information content (AvgIpc) is 2.83. The Balaban J connectivity index is 2.09. The lowest BCUT2D eigenvalue weighted by Gasteiger charge is -2.08. The molecule has 2 N–H and O–H groups in total. The maximum Gasteiger partial charge on any atom is 0.187 e. The molecule has 1 aromatic heterocycles. The Bertz CT molecular complexity index is 553. The van der Waals surface area contributed by atoms with Crippen LogP contribution in [0.15, 0.2) is 28.1 Å². The van der Waals surface area contributed by atoms with E-state index in [1.54, 1.807) is 11.3 Å². The van der Waals surface area contributed by atoms with Crippen molar-refractivity contribution in [1.82, 2.24) is 10.3 Å². The molecule has 102 valence electrons. The minimum atomic E-state index is 0.295. The smallest absolute Gasteiger partial charge is 0.187 e. The summed E-state index contributed by atoms with van der Waals surface area (Å²) in [6.45, 7) is 7.27. The fraction of sp³-hybridized carbons (Fsp3) is 0.357. The molecule has 1 heterocycles. The number of halogens is 1. The molecular weight excluding hydrogens is 322 g/mol. The highest BCUT2D eigenvalue weighted by Gasteiger charge is 2.09. The molecule has 0 aliphatic rings. The van der Waals surface area contributed by atoms with E-state index in [0.717, 1.165) is 27.5 Å². The van der Waals surface area contributed by atoms with Crippen LogP contribution in [-0.4, -0.2) is 11.5 Å². The second kappa shape index (κ2) is 6.50. The first-order chi connectivity index (χ1) is 9.10. The van der Waals surface area contributed by atoms with Crippen LogP contribution in [0.1, 0.15) is 31.1 Å². The number of thiazole rings is 1. The summed E-state index contributed by atoms with van der Waals surface area (Å²) in [6.07, 6.45) is 0. The van der Waals surface area contributed by atoms with Crippen LogP contribution in [0.5, 0.6) is 0 Å². The fourth-order valence-corrected chi connectivity index (χ4v) is 2.87. The van der Waals surface area contributed by atoms with Gasteiger partial charge in [0.05, 0.1) is 5.69 Å². The Hall–Kier alpha value is -0.910. The van der Waals surface area contributed by atoms with Gasteiger partial charge in [-0.2, -0.15) is 0 Å². The molecule has 0 fully saturated rings. The minimum absolute atomic E-state index is 0.295. The largest absolute Gasteiger partial charge is 0.332 e. The predicted octanol–water partition coefficient (Wildman–Crippen LogP) is 4.63. The average molecular weight is 340 g/mol. The molecule has 0 saturated carbocycles. The van der Waals surface area contributed by atoms with E-state index >= 15 is 0 Å². The quantitative estimate of drug-likeness (QED) is 0.833. The lowest BCUT2D eigenvalue weighted by atomic mass is 10.2. The molecule has 0 spiro atoms. The third kappa shape index (κ3) is 3.78. The first-order valence-corrected chi connectivity index (χ1v) is 7.99. The van der Waals surface area contributed by atoms with Crippen molar-refractivity contribution in [2.75, 3.05) is 11.9 Å². The maximum absolute atomic E-state index is 4.61. The lowest BCUT2D eigenvalue weighted by Crippen LogP contribution is -2.17. The summed E-state index contributed by atoms with van der Waals surface area (Å²) < 4.78 is 1.12. The molecule has 1 unspecified atom stereocenters. The third-order valence-electron chi connectivity index (χ3n) is 2.89. The Morgan fingerprint density at radius 1 is 1.42 bits per heavy atom. The van der Waals surface area contributed by atoms with Gasteiger partial charge in [0.2, 0.25) is 0 Å². The van der Waals surface area contributed by atoms with Crippen molar-refractivity contribution in [3.63, 3.8) is 0 Å². The summed E-state index contributed by atoms with van der Waals surface area (Å²) in [5, 5.41) is 9.74. The molecule has 2 aromatic rings. The third-order valence-corrected chi connectivity index (χ3v) is 4.55. The van der Waals surface area contributed by atoms with Crippen LogP contribution in [-0.2, 0) is 0 Å². The number of rotatable bonds is 5. The van der Waals surface area contributed by atoms with E-state index < -0.39 is 0 Å². The van der Waals surface area contributed by atoms with Gasteiger partial charge in [0.1, 0.15) is 0 Å². The number of aryl methyl sites for hydroxylation is 1. The van der Waals surface area contributed by atoms with Crippen molar-refractivity contribution in [2.24, 2.45) is 0 Å². The number of hydrogen-bond acceptors (Lipinski definition) is 4. The zero-order valence-corrected chi connectivity index (χ0v) is 13.7. The molecular formula is C14H18BrN3S. The number of nitrogens with zero attached hydrogens (tertiary/aromatic N) is 1. The van der Waals surface area contributed by atoms with Crippen molar-refractivity contribution < 1.29 is 0 Å². The maximum atomic E-state index is 4.61. The van der Waals surface area contributed by atoms with Gasteiger partial charge < -0.3 is 10.6 Å². The van der Waals surface area contributed by atoms with Gasteiger partial charge in [-0.15, -0.1) is 11.3 Å². The zero-order chi connectivity index (χ0) is 13.8. The first-order valence-electron chi connectivity index (χ1n) is 6.32. The summed E-state index contributed by atoms with van der Waals surface area (Å²) >= 11 is 5.14. The standard InChI is InChI=1S/C14H18BrN3S/c1-4-16-10(3)13-8-19-14(18-13)17-11-5-6-12(15)9(2)7-11/h5-8,10,16H,4H2,1-3H3,(H,17,18). The van der Waals surface area contributed by atoms with E-state index in [0.29, 0.717) is 6.04 Å². The van der Waals surface area contributed by atoms with Gasteiger partial charge in [-0.25, -0.2) is 4.98 Å². The minimum Gasteiger partial charge on any atom is -0.332 e. The summed E-state index contributed by atoms with van der Waals surface area (Å²) in [5.74, 6) is 0. The molecule has 0 radical (unpaired) electrons. The van der Waals surface area contributed by atoms with Gasteiger partial charge in [-0.3, -0.25) is 0 Å². The highest BCUT2D eigenvalue weighted by atomic mass is 79.9. The molecule has 1 aromatic carbocycles. The molecule has 0 aliphatic carbocycles. The molecule has 0 amide bonds. The van der Waals surface area contributed by atoms with E-state index in [1.807, 2.05) is 12.1 Å². The number of nitrogens with one attached hydrogen (secondary N) is 2. The molecule has 3 nitrogen and oxygen atoms in total. The second-order valence-corrected chi connectivity index (χ2v) is 6.16. The van der Waals surface area contributed by atoms with Crippen molar-refractivity contribution in [3.05, 3.63) is 39.3 Å². The van der Waals surface area contributed by atoms with Gasteiger partial charge in [0.25, 0.3) is 0 Å². The lowest BCUT2D eigenvalue weighted by molar-refractivity contribution is 0.587. The highest BCUT2D eigenvalue weighted by molar-refractivity contribution is 9.10. The van der Waals surface area contributed by atoms with E-state index in [2.05, 4.69) is 63.8 Å². The van der Waals surface area contributed by atoms with Crippen LogP contribution in [0.3, 0.4) is 0 Å². The zero-order valence-electron chi connectivity index (χ0n) is 11.3. The topological polar surface area (TPSA) is 37.0 Å². The van der Waals surface area contributed by atoms with Crippen LogP contribution in [0, 0.1) is 6.92 Å². The molecule has 19 heavy (non-hydrogen) atoms. The van der Waals surface area contributed by atoms with E-state index in [9.17, 15) is 0 Å². The summed E-state index contributed by atoms with van der Waals surface area (Å²) in [4.78, 5) is 4.61. The number of hydrogen-bond donors (Lipinski definition) is 2. The van der Waals surface area contributed by atoms with E-state index in [4.69, 9.17) is 0 Å². The van der Waals surface area contributed by atoms with Gasteiger partial charge >= 0.3 is 0 Å². The van der Waals surface area contributed by atoms with Crippen molar-refractivity contribution in [1.29, 1.82) is 0 Å². The monoisotopic (exact) mass is 339 g/mol. The molecule has 0 aliphatic heterocycles. The fourth-order valence-electron chi connectivity index (χ4n) is 1.80.